The molecule has 0 saturated heterocycles. The zero-order chi connectivity index (χ0) is 22.5. The van der Waals surface area contributed by atoms with Crippen molar-refractivity contribution in [3.63, 3.8) is 0 Å². The second kappa shape index (κ2) is 17.7. The van der Waals surface area contributed by atoms with Crippen LogP contribution < -0.4 is 0 Å². The minimum absolute atomic E-state index is 0. The molecular weight excluding hydrogens is 562 g/mol. The first-order valence-corrected chi connectivity index (χ1v) is 27.8. The van der Waals surface area contributed by atoms with Gasteiger partial charge in [0.1, 0.15) is 0 Å². The van der Waals surface area contributed by atoms with E-state index < -0.39 is 40.4 Å². The summed E-state index contributed by atoms with van der Waals surface area (Å²) in [5, 5.41) is 0. The van der Waals surface area contributed by atoms with Gasteiger partial charge < -0.3 is 32.7 Å². The fraction of sp³-hybridized carbons (Fsp3) is 0.750. The van der Waals surface area contributed by atoms with E-state index in [1.807, 2.05) is 0 Å². The predicted octanol–water partition coefficient (Wildman–Crippen LogP) is 8.49. The third-order valence-electron chi connectivity index (χ3n) is 0. The zero-order valence-electron chi connectivity index (χ0n) is 21.5. The predicted molar refractivity (Wildman–Crippen MR) is 144 cm³/mol. The first-order valence-electron chi connectivity index (χ1n) is 9.27. The molecule has 0 fully saturated rings. The third kappa shape index (κ3) is 4780. The van der Waals surface area contributed by atoms with Gasteiger partial charge in [-0.1, -0.05) is 98.2 Å². The summed E-state index contributed by atoms with van der Waals surface area (Å²) in [6.45, 7) is 52.8. The van der Waals surface area contributed by atoms with Gasteiger partial charge in [0, 0.05) is 0 Å². The van der Waals surface area contributed by atoms with Crippen LogP contribution in [0.4, 0.5) is 0 Å². The van der Waals surface area contributed by atoms with Crippen LogP contribution in [-0.2, 0) is 22.4 Å². The molecule has 6 heteroatoms. The molecule has 26 heavy (non-hydrogen) atoms. The summed E-state index contributed by atoms with van der Waals surface area (Å²) in [5.74, 6) is 0. The summed E-state index contributed by atoms with van der Waals surface area (Å²) in [5.41, 5.74) is 0. The van der Waals surface area contributed by atoms with Crippen LogP contribution in [0.25, 0.3) is 0 Å². The summed E-state index contributed by atoms with van der Waals surface area (Å²) in [4.78, 5) is 0. The molecular formula is C20H55Si5Ta. The molecule has 0 rings (SSSR count). The molecule has 0 radical (unpaired) electrons. The zero-order valence-corrected chi connectivity index (χ0v) is 29.7. The van der Waals surface area contributed by atoms with E-state index in [0.29, 0.717) is 0 Å². The van der Waals surface area contributed by atoms with E-state index in [1.54, 1.807) is 0 Å². The second-order valence-corrected chi connectivity index (χ2v) is 38.4. The van der Waals surface area contributed by atoms with Crippen LogP contribution >= 0.6 is 0 Å². The molecule has 0 aliphatic carbocycles. The van der Waals surface area contributed by atoms with Crippen molar-refractivity contribution in [2.45, 2.75) is 98.2 Å². The monoisotopic (exact) mass is 616 g/mol. The van der Waals surface area contributed by atoms with Gasteiger partial charge in [0.2, 0.25) is 0 Å². The molecule has 0 aromatic rings. The Hall–Kier alpha value is 1.82. The summed E-state index contributed by atoms with van der Waals surface area (Å²) in [6.07, 6.45) is 0. The van der Waals surface area contributed by atoms with E-state index in [9.17, 15) is 0 Å². The van der Waals surface area contributed by atoms with Crippen LogP contribution in [0.2, 0.25) is 98.2 Å². The standard InChI is InChI=1S/5C4H11Si.Ta/c5*1-5(2,3)4;/h5*1H2,2-4H3;/q5*-1;+5. The molecule has 0 bridgehead atoms. The quantitative estimate of drug-likeness (QED) is 0.189. The first-order chi connectivity index (χ1) is 10.0. The topological polar surface area (TPSA) is 0 Å². The molecule has 0 aliphatic rings. The molecule has 0 atom stereocenters. The van der Waals surface area contributed by atoms with E-state index in [-0.39, 0.29) is 22.4 Å². The van der Waals surface area contributed by atoms with Crippen molar-refractivity contribution >= 4 is 40.4 Å². The van der Waals surface area contributed by atoms with Crippen LogP contribution in [-0.4, -0.2) is 40.4 Å². The minimum atomic E-state index is -0.861. The van der Waals surface area contributed by atoms with Crippen molar-refractivity contribution in [1.29, 1.82) is 0 Å². The summed E-state index contributed by atoms with van der Waals surface area (Å²) in [7, 11) is -4.31. The second-order valence-electron chi connectivity index (χ2n) is 12.8. The summed E-state index contributed by atoms with van der Waals surface area (Å²) in [6, 6.07) is 0. The summed E-state index contributed by atoms with van der Waals surface area (Å²) < 4.78 is 0. The van der Waals surface area contributed by atoms with Gasteiger partial charge in [0.15, 0.2) is 0 Å². The van der Waals surface area contributed by atoms with Crippen molar-refractivity contribution in [2.24, 2.45) is 0 Å². The van der Waals surface area contributed by atoms with E-state index in [2.05, 4.69) is 131 Å². The Morgan fingerprint density at radius 3 is 0.269 bits per heavy atom. The fourth-order valence-electron chi connectivity index (χ4n) is 0. The molecule has 0 unspecified atom stereocenters. The Labute approximate surface area is 192 Å². The van der Waals surface area contributed by atoms with Crippen LogP contribution in [0.15, 0.2) is 0 Å². The van der Waals surface area contributed by atoms with E-state index in [1.165, 1.54) is 0 Å². The molecule has 0 aromatic carbocycles. The van der Waals surface area contributed by atoms with Crippen LogP contribution in [0, 0.1) is 32.7 Å². The Bertz CT molecular complexity index is 171. The minimum Gasteiger partial charge on any atom is -0.342 e. The molecule has 0 nitrogen and oxygen atoms in total. The van der Waals surface area contributed by atoms with Crippen molar-refractivity contribution in [3.05, 3.63) is 32.7 Å². The van der Waals surface area contributed by atoms with Gasteiger partial charge in [0.25, 0.3) is 0 Å². The molecule has 0 amide bonds. The van der Waals surface area contributed by atoms with E-state index in [4.69, 9.17) is 0 Å². The van der Waals surface area contributed by atoms with Crippen LogP contribution in [0.5, 0.6) is 0 Å². The number of rotatable bonds is 0. The van der Waals surface area contributed by atoms with Crippen molar-refractivity contribution in [1.82, 2.24) is 0 Å². The normalized spacial score (nSPS) is 11.5. The smallest absolute Gasteiger partial charge is 0.342 e. The van der Waals surface area contributed by atoms with Gasteiger partial charge in [-0.3, -0.25) is 0 Å². The Kier molecular flexibility index (Phi) is 28.6. The maximum atomic E-state index is 3.91. The maximum absolute atomic E-state index is 3.91. The van der Waals surface area contributed by atoms with Gasteiger partial charge in [-0.15, -0.1) is 40.4 Å². The molecule has 160 valence electrons. The Balaban J connectivity index is -0.0000000476. The fourth-order valence-corrected chi connectivity index (χ4v) is 0. The SMILES string of the molecule is [CH2-][Si](C)(C)C.[CH2-][Si](C)(C)C.[CH2-][Si](C)(C)C.[CH2-][Si](C)(C)C.[CH2-][Si](C)(C)C.[Ta+5]. The van der Waals surface area contributed by atoms with Gasteiger partial charge >= 0.3 is 22.4 Å². The summed E-state index contributed by atoms with van der Waals surface area (Å²) >= 11 is 0. The maximum Gasteiger partial charge on any atom is 5.00 e. The number of hydrogen-bond donors (Lipinski definition) is 0. The molecule has 0 saturated carbocycles. The Morgan fingerprint density at radius 2 is 0.269 bits per heavy atom. The van der Waals surface area contributed by atoms with Crippen molar-refractivity contribution in [3.8, 4) is 0 Å². The molecule has 0 aliphatic heterocycles. The van der Waals surface area contributed by atoms with Crippen LogP contribution in [0.3, 0.4) is 0 Å². The average molecular weight is 617 g/mol. The van der Waals surface area contributed by atoms with Crippen molar-refractivity contribution in [2.75, 3.05) is 0 Å². The Morgan fingerprint density at radius 1 is 0.269 bits per heavy atom. The van der Waals surface area contributed by atoms with E-state index >= 15 is 0 Å². The molecule has 0 heterocycles. The van der Waals surface area contributed by atoms with Crippen molar-refractivity contribution < 1.29 is 22.4 Å². The van der Waals surface area contributed by atoms with Gasteiger partial charge in [-0.2, -0.15) is 0 Å². The van der Waals surface area contributed by atoms with Gasteiger partial charge in [0.05, 0.1) is 0 Å². The van der Waals surface area contributed by atoms with Crippen LogP contribution in [0.1, 0.15) is 0 Å². The molecule has 0 aromatic heterocycles. The first kappa shape index (κ1) is 42.0. The molecule has 0 spiro atoms. The van der Waals surface area contributed by atoms with E-state index in [0.717, 1.165) is 0 Å². The largest absolute Gasteiger partial charge is 5.00 e. The number of hydrogen-bond acceptors (Lipinski definition) is 0. The van der Waals surface area contributed by atoms with Gasteiger partial charge in [-0.25, -0.2) is 0 Å². The molecule has 0 N–H and O–H groups in total. The average Bonchev–Trinajstić information content (AvgIpc) is 1.79. The third-order valence-corrected chi connectivity index (χ3v) is 0. The van der Waals surface area contributed by atoms with Gasteiger partial charge in [-0.05, 0) is 0 Å².